The van der Waals surface area contributed by atoms with E-state index >= 15 is 0 Å². The van der Waals surface area contributed by atoms with Gasteiger partial charge in [-0.3, -0.25) is 0 Å². The Morgan fingerprint density at radius 2 is 1.67 bits per heavy atom. The van der Waals surface area contributed by atoms with Gasteiger partial charge in [0.05, 0.1) is 17.0 Å². The third-order valence-corrected chi connectivity index (χ3v) is 5.16. The fourth-order valence-electron chi connectivity index (χ4n) is 2.44. The van der Waals surface area contributed by atoms with Crippen molar-refractivity contribution < 1.29 is 17.2 Å². The van der Waals surface area contributed by atoms with Gasteiger partial charge in [0.2, 0.25) is 0 Å². The number of alkyl halides is 2. The van der Waals surface area contributed by atoms with Crippen LogP contribution in [0.5, 0.6) is 0 Å². The molecular formula is C9H15F2NO2S. The molecule has 0 unspecified atom stereocenters. The Morgan fingerprint density at radius 3 is 2.20 bits per heavy atom. The van der Waals surface area contributed by atoms with E-state index in [4.69, 9.17) is 0 Å². The van der Waals surface area contributed by atoms with Gasteiger partial charge in [-0.25, -0.2) is 17.2 Å². The van der Waals surface area contributed by atoms with Crippen LogP contribution in [0, 0.1) is 0 Å². The van der Waals surface area contributed by atoms with E-state index in [9.17, 15) is 17.2 Å². The summed E-state index contributed by atoms with van der Waals surface area (Å²) in [6.45, 7) is 0.565. The summed E-state index contributed by atoms with van der Waals surface area (Å²) < 4.78 is 49.9. The summed E-state index contributed by atoms with van der Waals surface area (Å²) in [6, 6.07) is 0. The Hall–Kier alpha value is -0.230. The molecule has 88 valence electrons. The lowest BCUT2D eigenvalue weighted by atomic mass is 9.80. The number of hydrogen-bond donors (Lipinski definition) is 1. The molecule has 0 amide bonds. The van der Waals surface area contributed by atoms with Crippen molar-refractivity contribution >= 4 is 9.84 Å². The fraction of sp³-hybridized carbons (Fsp3) is 1.00. The van der Waals surface area contributed by atoms with Gasteiger partial charge in [0.15, 0.2) is 0 Å². The molecule has 2 saturated heterocycles. The molecule has 2 aliphatic rings. The molecule has 0 aromatic heterocycles. The Bertz CT molecular complexity index is 339. The van der Waals surface area contributed by atoms with Crippen LogP contribution in [-0.4, -0.2) is 37.9 Å². The highest BCUT2D eigenvalue weighted by Gasteiger charge is 2.56. The van der Waals surface area contributed by atoms with Gasteiger partial charge in [0.1, 0.15) is 9.84 Å². The van der Waals surface area contributed by atoms with Gasteiger partial charge in [-0.2, -0.15) is 0 Å². The lowest BCUT2D eigenvalue weighted by molar-refractivity contribution is -0.117. The van der Waals surface area contributed by atoms with E-state index < -0.39 is 21.3 Å². The van der Waals surface area contributed by atoms with Gasteiger partial charge in [0.25, 0.3) is 5.92 Å². The van der Waals surface area contributed by atoms with Crippen molar-refractivity contribution in [2.75, 3.05) is 18.1 Å². The zero-order valence-electron chi connectivity index (χ0n) is 8.43. The lowest BCUT2D eigenvalue weighted by Gasteiger charge is -2.46. The first-order valence-electron chi connectivity index (χ1n) is 5.20. The molecule has 2 aliphatic heterocycles. The molecule has 2 heterocycles. The Kier molecular flexibility index (Phi) is 2.54. The van der Waals surface area contributed by atoms with Gasteiger partial charge in [-0.1, -0.05) is 0 Å². The SMILES string of the molecule is O=S1(=O)CCC2(CC1)NCCCC2(F)F. The third-order valence-electron chi connectivity index (χ3n) is 3.51. The molecule has 0 atom stereocenters. The minimum Gasteiger partial charge on any atom is -0.306 e. The smallest absolute Gasteiger partial charge is 0.266 e. The van der Waals surface area contributed by atoms with E-state index in [1.54, 1.807) is 0 Å². The van der Waals surface area contributed by atoms with Gasteiger partial charge >= 0.3 is 0 Å². The second-order valence-electron chi connectivity index (χ2n) is 4.47. The molecule has 3 nitrogen and oxygen atoms in total. The zero-order chi connectivity index (χ0) is 11.2. The van der Waals surface area contributed by atoms with E-state index in [0.29, 0.717) is 13.0 Å². The predicted molar refractivity (Wildman–Crippen MR) is 52.8 cm³/mol. The maximum absolute atomic E-state index is 13.7. The highest BCUT2D eigenvalue weighted by atomic mass is 32.2. The van der Waals surface area contributed by atoms with Crippen molar-refractivity contribution in [3.05, 3.63) is 0 Å². The van der Waals surface area contributed by atoms with Crippen molar-refractivity contribution in [1.29, 1.82) is 0 Å². The van der Waals surface area contributed by atoms with Crippen molar-refractivity contribution in [3.8, 4) is 0 Å². The molecule has 1 N–H and O–H groups in total. The summed E-state index contributed by atoms with van der Waals surface area (Å²) in [5.74, 6) is -2.99. The van der Waals surface area contributed by atoms with Crippen LogP contribution in [0.25, 0.3) is 0 Å². The van der Waals surface area contributed by atoms with Crippen LogP contribution >= 0.6 is 0 Å². The second kappa shape index (κ2) is 3.38. The zero-order valence-corrected chi connectivity index (χ0v) is 9.25. The van der Waals surface area contributed by atoms with Gasteiger partial charge in [-0.05, 0) is 25.8 Å². The van der Waals surface area contributed by atoms with Crippen LogP contribution in [0.1, 0.15) is 25.7 Å². The summed E-state index contributed by atoms with van der Waals surface area (Å²) in [7, 11) is -3.08. The monoisotopic (exact) mass is 239 g/mol. The number of sulfone groups is 1. The molecule has 0 aromatic rings. The van der Waals surface area contributed by atoms with E-state index in [1.807, 2.05) is 0 Å². The minimum absolute atomic E-state index is 0.0440. The number of nitrogens with one attached hydrogen (secondary N) is 1. The predicted octanol–water partition coefficient (Wildman–Crippen LogP) is 0.952. The van der Waals surface area contributed by atoms with Crippen LogP contribution in [-0.2, 0) is 9.84 Å². The lowest BCUT2D eigenvalue weighted by Crippen LogP contribution is -2.64. The standard InChI is InChI=1S/C9H15F2NO2S/c10-9(11)2-1-5-12-8(9)3-6-15(13,14)7-4-8/h12H,1-7H2. The quantitative estimate of drug-likeness (QED) is 0.684. The Labute approximate surface area is 88.2 Å². The molecular weight excluding hydrogens is 224 g/mol. The molecule has 0 radical (unpaired) electrons. The normalized spacial score (nSPS) is 32.7. The Balaban J connectivity index is 2.20. The molecule has 0 saturated carbocycles. The van der Waals surface area contributed by atoms with E-state index in [2.05, 4.69) is 5.32 Å². The summed E-state index contributed by atoms with van der Waals surface area (Å²) in [5.41, 5.74) is -1.25. The first-order chi connectivity index (χ1) is 6.87. The topological polar surface area (TPSA) is 46.2 Å². The van der Waals surface area contributed by atoms with E-state index in [-0.39, 0.29) is 30.8 Å². The summed E-state index contributed by atoms with van der Waals surface area (Å²) >= 11 is 0. The third kappa shape index (κ3) is 1.89. The van der Waals surface area contributed by atoms with Crippen LogP contribution in [0.15, 0.2) is 0 Å². The number of halogens is 2. The van der Waals surface area contributed by atoms with Crippen LogP contribution in [0.2, 0.25) is 0 Å². The van der Waals surface area contributed by atoms with Crippen LogP contribution in [0.4, 0.5) is 8.78 Å². The molecule has 0 aliphatic carbocycles. The number of hydrogen-bond acceptors (Lipinski definition) is 3. The summed E-state index contributed by atoms with van der Waals surface area (Å²) in [5, 5.41) is 2.85. The first-order valence-corrected chi connectivity index (χ1v) is 7.02. The molecule has 1 spiro atoms. The maximum Gasteiger partial charge on any atom is 0.266 e. The summed E-state index contributed by atoms with van der Waals surface area (Å²) in [6.07, 6.45) is 0.423. The highest BCUT2D eigenvalue weighted by molar-refractivity contribution is 7.91. The first kappa shape index (κ1) is 11.3. The summed E-state index contributed by atoms with van der Waals surface area (Å²) in [4.78, 5) is 0. The fourth-order valence-corrected chi connectivity index (χ4v) is 3.96. The van der Waals surface area contributed by atoms with E-state index in [0.717, 1.165) is 0 Å². The highest BCUT2D eigenvalue weighted by Crippen LogP contribution is 2.43. The van der Waals surface area contributed by atoms with Crippen molar-refractivity contribution in [3.63, 3.8) is 0 Å². The Morgan fingerprint density at radius 1 is 1.07 bits per heavy atom. The number of piperidine rings is 1. The maximum atomic E-state index is 13.7. The van der Waals surface area contributed by atoms with Crippen LogP contribution < -0.4 is 5.32 Å². The molecule has 15 heavy (non-hydrogen) atoms. The number of rotatable bonds is 0. The second-order valence-corrected chi connectivity index (χ2v) is 6.77. The van der Waals surface area contributed by atoms with Crippen molar-refractivity contribution in [1.82, 2.24) is 5.32 Å². The molecule has 0 aromatic carbocycles. The van der Waals surface area contributed by atoms with E-state index in [1.165, 1.54) is 0 Å². The van der Waals surface area contributed by atoms with Gasteiger partial charge in [0, 0.05) is 6.42 Å². The average Bonchev–Trinajstić information content (AvgIpc) is 2.14. The molecule has 2 rings (SSSR count). The van der Waals surface area contributed by atoms with Crippen molar-refractivity contribution in [2.45, 2.75) is 37.1 Å². The van der Waals surface area contributed by atoms with Crippen molar-refractivity contribution in [2.24, 2.45) is 0 Å². The average molecular weight is 239 g/mol. The molecule has 2 fully saturated rings. The van der Waals surface area contributed by atoms with Gasteiger partial charge < -0.3 is 5.32 Å². The molecule has 0 bridgehead atoms. The minimum atomic E-state index is -3.08. The van der Waals surface area contributed by atoms with Gasteiger partial charge in [-0.15, -0.1) is 0 Å². The van der Waals surface area contributed by atoms with Crippen LogP contribution in [0.3, 0.4) is 0 Å². The largest absolute Gasteiger partial charge is 0.306 e. The molecule has 6 heteroatoms.